The molecule has 1 saturated heterocycles. The Morgan fingerprint density at radius 1 is 1.12 bits per heavy atom. The second kappa shape index (κ2) is 8.01. The minimum Gasteiger partial charge on any atom is -0.478 e. The van der Waals surface area contributed by atoms with Crippen molar-refractivity contribution in [2.24, 2.45) is 0 Å². The summed E-state index contributed by atoms with van der Waals surface area (Å²) in [5.41, 5.74) is 1.40. The summed E-state index contributed by atoms with van der Waals surface area (Å²) in [5.74, 6) is -1.60. The topological polar surface area (TPSA) is 72.8 Å². The molecule has 136 valence electrons. The van der Waals surface area contributed by atoms with Crippen molar-refractivity contribution < 1.29 is 24.2 Å². The molecule has 3 rings (SSSR count). The number of carbonyl (C=O) groups is 2. The first-order valence-electron chi connectivity index (χ1n) is 8.35. The number of carboxylic acids is 1. The van der Waals surface area contributed by atoms with E-state index in [0.29, 0.717) is 17.5 Å². The maximum absolute atomic E-state index is 12.4. The summed E-state index contributed by atoms with van der Waals surface area (Å²) >= 11 is 3.43. The number of alkyl halides is 1. The summed E-state index contributed by atoms with van der Waals surface area (Å²) in [6.45, 7) is 1.90. The largest absolute Gasteiger partial charge is 0.478 e. The molecule has 0 aromatic heterocycles. The average molecular weight is 419 g/mol. The standard InChI is InChI=1S/C20H19BrO5/c1-12-16(14-9-5-6-10-15(14)19(22)23)11-17(18(21)25-12)26-20(24)13-7-3-2-4-8-13/h2-10,12,16-18H,11H2,1H3,(H,22,23)/t12-,16+,17-,18+/m0/s1. The van der Waals surface area contributed by atoms with E-state index in [-0.39, 0.29) is 17.6 Å². The number of rotatable bonds is 4. The average Bonchev–Trinajstić information content (AvgIpc) is 2.64. The molecule has 1 N–H and O–H groups in total. The van der Waals surface area contributed by atoms with Crippen LogP contribution in [0.4, 0.5) is 0 Å². The van der Waals surface area contributed by atoms with Gasteiger partial charge in [-0.25, -0.2) is 9.59 Å². The van der Waals surface area contributed by atoms with Crippen LogP contribution in [0.1, 0.15) is 45.5 Å². The molecule has 26 heavy (non-hydrogen) atoms. The molecule has 0 bridgehead atoms. The zero-order valence-electron chi connectivity index (χ0n) is 14.2. The number of aromatic carboxylic acids is 1. The summed E-state index contributed by atoms with van der Waals surface area (Å²) in [5, 5.41) is 9.01. The van der Waals surface area contributed by atoms with E-state index in [1.807, 2.05) is 13.0 Å². The fraction of sp³-hybridized carbons (Fsp3) is 0.300. The smallest absolute Gasteiger partial charge is 0.338 e. The van der Waals surface area contributed by atoms with E-state index in [1.165, 1.54) is 0 Å². The van der Waals surface area contributed by atoms with Crippen molar-refractivity contribution in [2.45, 2.75) is 36.5 Å². The Bertz CT molecular complexity index is 792. The number of esters is 1. The normalized spacial score (nSPS) is 25.5. The Hall–Kier alpha value is -2.18. The predicted octanol–water partition coefficient (Wildman–Crippen LogP) is 4.22. The Labute approximate surface area is 160 Å². The lowest BCUT2D eigenvalue weighted by Crippen LogP contribution is -2.41. The summed E-state index contributed by atoms with van der Waals surface area (Å²) in [7, 11) is 0. The molecule has 1 heterocycles. The van der Waals surface area contributed by atoms with E-state index < -0.39 is 23.1 Å². The van der Waals surface area contributed by atoms with Gasteiger partial charge in [0.05, 0.1) is 17.2 Å². The van der Waals surface area contributed by atoms with Gasteiger partial charge in [-0.15, -0.1) is 0 Å². The lowest BCUT2D eigenvalue weighted by Gasteiger charge is -2.38. The maximum Gasteiger partial charge on any atom is 0.338 e. The SMILES string of the molecule is C[C@@H]1O[C@@H](Br)[C@@H](OC(=O)c2ccccc2)C[C@H]1c1ccccc1C(=O)O. The maximum atomic E-state index is 12.4. The van der Waals surface area contributed by atoms with Crippen molar-refractivity contribution >= 4 is 27.9 Å². The van der Waals surface area contributed by atoms with Crippen molar-refractivity contribution in [1.82, 2.24) is 0 Å². The van der Waals surface area contributed by atoms with Crippen LogP contribution in [0.15, 0.2) is 54.6 Å². The molecule has 5 nitrogen and oxygen atoms in total. The molecule has 0 aliphatic carbocycles. The van der Waals surface area contributed by atoms with Gasteiger partial charge < -0.3 is 14.6 Å². The van der Waals surface area contributed by atoms with Gasteiger partial charge in [-0.3, -0.25) is 0 Å². The number of hydrogen-bond donors (Lipinski definition) is 1. The van der Waals surface area contributed by atoms with Crippen LogP contribution in [0.5, 0.6) is 0 Å². The second-order valence-corrected chi connectivity index (χ2v) is 7.14. The lowest BCUT2D eigenvalue weighted by atomic mass is 9.84. The van der Waals surface area contributed by atoms with Crippen molar-refractivity contribution in [3.63, 3.8) is 0 Å². The highest BCUT2D eigenvalue weighted by Gasteiger charge is 2.39. The quantitative estimate of drug-likeness (QED) is 0.594. The van der Waals surface area contributed by atoms with Gasteiger partial charge in [0, 0.05) is 5.92 Å². The van der Waals surface area contributed by atoms with Crippen molar-refractivity contribution in [2.75, 3.05) is 0 Å². The van der Waals surface area contributed by atoms with Crippen LogP contribution in [-0.2, 0) is 9.47 Å². The summed E-state index contributed by atoms with van der Waals surface area (Å²) in [4.78, 5) is 23.9. The van der Waals surface area contributed by atoms with E-state index in [4.69, 9.17) is 9.47 Å². The zero-order chi connectivity index (χ0) is 18.7. The number of carboxylic acid groups (broad SMARTS) is 1. The molecule has 0 spiro atoms. The van der Waals surface area contributed by atoms with E-state index in [0.717, 1.165) is 0 Å². The first-order chi connectivity index (χ1) is 12.5. The zero-order valence-corrected chi connectivity index (χ0v) is 15.8. The Kier molecular flexibility index (Phi) is 5.74. The third kappa shape index (κ3) is 3.97. The van der Waals surface area contributed by atoms with Crippen molar-refractivity contribution in [3.05, 3.63) is 71.3 Å². The third-order valence-corrected chi connectivity index (χ3v) is 5.35. The first-order valence-corrected chi connectivity index (χ1v) is 9.26. The number of benzene rings is 2. The van der Waals surface area contributed by atoms with Gasteiger partial charge in [0.25, 0.3) is 0 Å². The van der Waals surface area contributed by atoms with Crippen LogP contribution in [0.25, 0.3) is 0 Å². The molecular weight excluding hydrogens is 400 g/mol. The van der Waals surface area contributed by atoms with Crippen molar-refractivity contribution in [1.29, 1.82) is 0 Å². The fourth-order valence-corrected chi connectivity index (χ4v) is 3.88. The molecule has 1 aliphatic rings. The Morgan fingerprint density at radius 3 is 2.46 bits per heavy atom. The van der Waals surface area contributed by atoms with E-state index in [9.17, 15) is 14.7 Å². The number of hydrogen-bond acceptors (Lipinski definition) is 4. The highest BCUT2D eigenvalue weighted by Crippen LogP contribution is 2.38. The number of ether oxygens (including phenoxy) is 2. The summed E-state index contributed by atoms with van der Waals surface area (Å²) in [6, 6.07) is 15.6. The first kappa shape index (κ1) is 18.6. The van der Waals surface area contributed by atoms with Gasteiger partial charge in [0.15, 0.2) is 0 Å². The van der Waals surface area contributed by atoms with E-state index >= 15 is 0 Å². The van der Waals surface area contributed by atoms with Crippen LogP contribution < -0.4 is 0 Å². The Balaban J connectivity index is 1.81. The van der Waals surface area contributed by atoms with Crippen LogP contribution >= 0.6 is 15.9 Å². The fourth-order valence-electron chi connectivity index (χ4n) is 3.21. The van der Waals surface area contributed by atoms with Gasteiger partial charge in [-0.2, -0.15) is 0 Å². The molecule has 0 radical (unpaired) electrons. The highest BCUT2D eigenvalue weighted by atomic mass is 79.9. The summed E-state index contributed by atoms with van der Waals surface area (Å²) < 4.78 is 11.5. The number of halogens is 1. The molecule has 0 unspecified atom stereocenters. The lowest BCUT2D eigenvalue weighted by molar-refractivity contribution is -0.0848. The Morgan fingerprint density at radius 2 is 1.77 bits per heavy atom. The van der Waals surface area contributed by atoms with E-state index in [2.05, 4.69) is 15.9 Å². The van der Waals surface area contributed by atoms with Gasteiger partial charge in [-0.05, 0) is 37.1 Å². The van der Waals surface area contributed by atoms with E-state index in [1.54, 1.807) is 48.5 Å². The van der Waals surface area contributed by atoms with Gasteiger partial charge in [0.2, 0.25) is 0 Å². The van der Waals surface area contributed by atoms with Crippen LogP contribution in [0, 0.1) is 0 Å². The van der Waals surface area contributed by atoms with Gasteiger partial charge in [-0.1, -0.05) is 52.3 Å². The molecular formula is C20H19BrO5. The third-order valence-electron chi connectivity index (χ3n) is 4.55. The molecule has 4 atom stereocenters. The monoisotopic (exact) mass is 418 g/mol. The van der Waals surface area contributed by atoms with Crippen LogP contribution in [0.3, 0.4) is 0 Å². The highest BCUT2D eigenvalue weighted by molar-refractivity contribution is 9.09. The molecule has 1 aliphatic heterocycles. The van der Waals surface area contributed by atoms with Crippen LogP contribution in [0.2, 0.25) is 0 Å². The minimum atomic E-state index is -0.980. The van der Waals surface area contributed by atoms with Crippen molar-refractivity contribution in [3.8, 4) is 0 Å². The van der Waals surface area contributed by atoms with Gasteiger partial charge in [0.1, 0.15) is 11.1 Å². The molecule has 0 amide bonds. The molecule has 2 aromatic carbocycles. The van der Waals surface area contributed by atoms with Gasteiger partial charge >= 0.3 is 11.9 Å². The predicted molar refractivity (Wildman–Crippen MR) is 99.7 cm³/mol. The molecule has 6 heteroatoms. The molecule has 2 aromatic rings. The summed E-state index contributed by atoms with van der Waals surface area (Å²) in [6.07, 6.45) is -0.266. The molecule has 0 saturated carbocycles. The molecule has 1 fully saturated rings. The minimum absolute atomic E-state index is 0.190. The van der Waals surface area contributed by atoms with Crippen LogP contribution in [-0.4, -0.2) is 34.3 Å². The number of carbonyl (C=O) groups excluding carboxylic acids is 1. The second-order valence-electron chi connectivity index (χ2n) is 6.24.